The number of hydrogen-bond acceptors (Lipinski definition) is 3. The molecule has 2 aromatic rings. The van der Waals surface area contributed by atoms with Gasteiger partial charge in [0.1, 0.15) is 0 Å². The molecule has 0 atom stereocenters. The minimum absolute atomic E-state index is 0.252. The highest BCUT2D eigenvalue weighted by Crippen LogP contribution is 2.15. The second-order valence-corrected chi connectivity index (χ2v) is 4.51. The van der Waals surface area contributed by atoms with Gasteiger partial charge in [-0.3, -0.25) is 4.98 Å². The third-order valence-electron chi connectivity index (χ3n) is 2.14. The van der Waals surface area contributed by atoms with Gasteiger partial charge >= 0.3 is 5.76 Å². The van der Waals surface area contributed by atoms with Crippen molar-refractivity contribution in [1.29, 1.82) is 0 Å². The summed E-state index contributed by atoms with van der Waals surface area (Å²) >= 11 is 0. The number of fused-ring (bicyclic) bond motifs is 1. The topological polar surface area (TPSA) is 72.0 Å². The molecule has 0 fully saturated rings. The third kappa shape index (κ3) is 2.27. The molecule has 0 saturated heterocycles. The van der Waals surface area contributed by atoms with Crippen molar-refractivity contribution < 1.29 is 4.42 Å². The van der Waals surface area contributed by atoms with Crippen LogP contribution >= 0.6 is 0 Å². The summed E-state index contributed by atoms with van der Waals surface area (Å²) in [4.78, 5) is 13.6. The van der Waals surface area contributed by atoms with E-state index in [4.69, 9.17) is 10.2 Å². The second kappa shape index (κ2) is 3.24. The van der Waals surface area contributed by atoms with Gasteiger partial charge in [-0.25, -0.2) is 4.79 Å². The van der Waals surface area contributed by atoms with Gasteiger partial charge in [0.05, 0.1) is 5.52 Å². The molecule has 0 aliphatic heterocycles. The molecule has 1 aromatic carbocycles. The lowest BCUT2D eigenvalue weighted by atomic mass is 9.96. The standard InChI is InChI=1S/C11H14N2O2/c1-11(2,12)6-7-3-4-9-8(5-7)13-10(14)15-9/h3-5H,6,12H2,1-2H3,(H,13,14). The predicted octanol–water partition coefficient (Wildman–Crippen LogP) is 1.40. The Morgan fingerprint density at radius 1 is 1.47 bits per heavy atom. The van der Waals surface area contributed by atoms with Crippen LogP contribution in [0.15, 0.2) is 27.4 Å². The number of hydrogen-bond donors (Lipinski definition) is 2. The average Bonchev–Trinajstić information content (AvgIpc) is 2.40. The van der Waals surface area contributed by atoms with E-state index in [0.29, 0.717) is 5.58 Å². The Morgan fingerprint density at radius 3 is 2.87 bits per heavy atom. The van der Waals surface area contributed by atoms with E-state index in [1.165, 1.54) is 0 Å². The van der Waals surface area contributed by atoms with Crippen molar-refractivity contribution in [1.82, 2.24) is 4.98 Å². The summed E-state index contributed by atoms with van der Waals surface area (Å²) < 4.78 is 4.91. The van der Waals surface area contributed by atoms with Gasteiger partial charge in [-0.2, -0.15) is 0 Å². The van der Waals surface area contributed by atoms with Crippen LogP contribution in [0.1, 0.15) is 19.4 Å². The quantitative estimate of drug-likeness (QED) is 0.780. The molecule has 0 aliphatic carbocycles. The van der Waals surface area contributed by atoms with E-state index in [-0.39, 0.29) is 5.54 Å². The highest BCUT2D eigenvalue weighted by Gasteiger charge is 2.12. The van der Waals surface area contributed by atoms with Crippen LogP contribution in [-0.2, 0) is 6.42 Å². The summed E-state index contributed by atoms with van der Waals surface area (Å²) in [7, 11) is 0. The van der Waals surface area contributed by atoms with Gasteiger partial charge in [-0.1, -0.05) is 6.07 Å². The van der Waals surface area contributed by atoms with Gasteiger partial charge in [-0.15, -0.1) is 0 Å². The molecule has 4 heteroatoms. The second-order valence-electron chi connectivity index (χ2n) is 4.51. The summed E-state index contributed by atoms with van der Waals surface area (Å²) in [6, 6.07) is 5.61. The number of oxazole rings is 1. The number of H-pyrrole nitrogens is 1. The van der Waals surface area contributed by atoms with Gasteiger partial charge in [0, 0.05) is 5.54 Å². The first-order valence-electron chi connectivity index (χ1n) is 4.85. The van der Waals surface area contributed by atoms with Crippen molar-refractivity contribution in [3.05, 3.63) is 34.3 Å². The summed E-state index contributed by atoms with van der Waals surface area (Å²) in [5, 5.41) is 0. The van der Waals surface area contributed by atoms with Gasteiger partial charge in [0.25, 0.3) is 0 Å². The largest absolute Gasteiger partial charge is 0.417 e. The number of aromatic amines is 1. The molecule has 4 nitrogen and oxygen atoms in total. The Kier molecular flexibility index (Phi) is 2.16. The van der Waals surface area contributed by atoms with Crippen LogP contribution in [0, 0.1) is 0 Å². The Morgan fingerprint density at radius 2 is 2.20 bits per heavy atom. The average molecular weight is 206 g/mol. The Labute approximate surface area is 87.1 Å². The molecule has 2 rings (SSSR count). The van der Waals surface area contributed by atoms with Gasteiger partial charge in [0.2, 0.25) is 0 Å². The molecule has 1 aromatic heterocycles. The van der Waals surface area contributed by atoms with E-state index in [0.717, 1.165) is 17.5 Å². The molecule has 80 valence electrons. The SMILES string of the molecule is CC(C)(N)Cc1ccc2oc(=O)[nH]c2c1. The van der Waals surface area contributed by atoms with Crippen LogP contribution in [0.5, 0.6) is 0 Å². The minimum Gasteiger partial charge on any atom is -0.408 e. The fourth-order valence-electron chi connectivity index (χ4n) is 1.64. The molecule has 3 N–H and O–H groups in total. The number of aromatic nitrogens is 1. The molecule has 15 heavy (non-hydrogen) atoms. The van der Waals surface area contributed by atoms with E-state index in [1.807, 2.05) is 26.0 Å². The highest BCUT2D eigenvalue weighted by molar-refractivity contribution is 5.72. The lowest BCUT2D eigenvalue weighted by Crippen LogP contribution is -2.34. The first-order chi connectivity index (χ1) is 6.94. The fraction of sp³-hybridized carbons (Fsp3) is 0.364. The fourth-order valence-corrected chi connectivity index (χ4v) is 1.64. The smallest absolute Gasteiger partial charge is 0.408 e. The van der Waals surface area contributed by atoms with Crippen molar-refractivity contribution in [2.45, 2.75) is 25.8 Å². The van der Waals surface area contributed by atoms with Crippen LogP contribution in [0.25, 0.3) is 11.1 Å². The monoisotopic (exact) mass is 206 g/mol. The van der Waals surface area contributed by atoms with Gasteiger partial charge in [0.15, 0.2) is 5.58 Å². The van der Waals surface area contributed by atoms with Crippen LogP contribution in [-0.4, -0.2) is 10.5 Å². The molecule has 0 spiro atoms. The molecule has 0 aliphatic rings. The summed E-state index contributed by atoms with van der Waals surface area (Å²) in [5.74, 6) is -0.422. The van der Waals surface area contributed by atoms with Crippen molar-refractivity contribution in [3.63, 3.8) is 0 Å². The van der Waals surface area contributed by atoms with E-state index in [1.54, 1.807) is 6.07 Å². The van der Waals surface area contributed by atoms with E-state index < -0.39 is 5.76 Å². The predicted molar refractivity (Wildman–Crippen MR) is 58.8 cm³/mol. The molecule has 0 unspecified atom stereocenters. The Balaban J connectivity index is 2.42. The number of rotatable bonds is 2. The van der Waals surface area contributed by atoms with Gasteiger partial charge < -0.3 is 10.2 Å². The van der Waals surface area contributed by atoms with Crippen molar-refractivity contribution in [3.8, 4) is 0 Å². The van der Waals surface area contributed by atoms with Crippen LogP contribution in [0.4, 0.5) is 0 Å². The van der Waals surface area contributed by atoms with Crippen LogP contribution < -0.4 is 11.5 Å². The zero-order valence-electron chi connectivity index (χ0n) is 8.83. The molecule has 0 bridgehead atoms. The number of nitrogens with one attached hydrogen (secondary N) is 1. The molecule has 1 heterocycles. The van der Waals surface area contributed by atoms with Gasteiger partial charge in [-0.05, 0) is 38.0 Å². The normalized spacial score (nSPS) is 12.2. The molecular formula is C11H14N2O2. The Bertz CT molecular complexity index is 531. The first kappa shape index (κ1) is 9.98. The zero-order valence-corrected chi connectivity index (χ0v) is 8.83. The zero-order chi connectivity index (χ0) is 11.1. The number of benzene rings is 1. The first-order valence-corrected chi connectivity index (χ1v) is 4.85. The lowest BCUT2D eigenvalue weighted by molar-refractivity contribution is 0.517. The van der Waals surface area contributed by atoms with E-state index >= 15 is 0 Å². The summed E-state index contributed by atoms with van der Waals surface area (Å²) in [6.45, 7) is 3.94. The summed E-state index contributed by atoms with van der Waals surface area (Å²) in [5.41, 5.74) is 8.06. The van der Waals surface area contributed by atoms with Crippen molar-refractivity contribution in [2.75, 3.05) is 0 Å². The maximum Gasteiger partial charge on any atom is 0.417 e. The van der Waals surface area contributed by atoms with E-state index in [2.05, 4.69) is 4.98 Å². The maximum atomic E-state index is 10.9. The lowest BCUT2D eigenvalue weighted by Gasteiger charge is -2.17. The molecular weight excluding hydrogens is 192 g/mol. The van der Waals surface area contributed by atoms with Crippen molar-refractivity contribution in [2.24, 2.45) is 5.73 Å². The molecule has 0 saturated carbocycles. The van der Waals surface area contributed by atoms with E-state index in [9.17, 15) is 4.79 Å². The number of nitrogens with two attached hydrogens (primary N) is 1. The van der Waals surface area contributed by atoms with Crippen LogP contribution in [0.2, 0.25) is 0 Å². The highest BCUT2D eigenvalue weighted by atomic mass is 16.4. The summed E-state index contributed by atoms with van der Waals surface area (Å²) in [6.07, 6.45) is 0.760. The maximum absolute atomic E-state index is 10.9. The molecule has 0 radical (unpaired) electrons. The Hall–Kier alpha value is -1.55. The molecule has 0 amide bonds. The minimum atomic E-state index is -0.422. The van der Waals surface area contributed by atoms with Crippen molar-refractivity contribution >= 4 is 11.1 Å². The third-order valence-corrected chi connectivity index (χ3v) is 2.14. The van der Waals surface area contributed by atoms with Crippen LogP contribution in [0.3, 0.4) is 0 Å².